The molecule has 1 aromatic rings. The van der Waals surface area contributed by atoms with Crippen LogP contribution in [0.25, 0.3) is 0 Å². The molecule has 3 atom stereocenters. The fraction of sp³-hybridized carbons (Fsp3) is 0.611. The molecule has 1 aromatic carbocycles. The van der Waals surface area contributed by atoms with Crippen molar-refractivity contribution in [3.05, 3.63) is 27.7 Å². The van der Waals surface area contributed by atoms with Crippen LogP contribution in [0.5, 0.6) is 5.75 Å². The average Bonchev–Trinajstić information content (AvgIpc) is 3.02. The fourth-order valence-electron chi connectivity index (χ4n) is 3.86. The van der Waals surface area contributed by atoms with Crippen molar-refractivity contribution in [2.24, 2.45) is 11.8 Å². The lowest BCUT2D eigenvalue weighted by Crippen LogP contribution is -2.37. The molecule has 2 aliphatic heterocycles. The van der Waals surface area contributed by atoms with Gasteiger partial charge in [0.2, 0.25) is 5.91 Å². The standard InChI is InChI=1S/C18H24Cl2N2O3/c19-13-3-4-14(23)15(16(13)20)17(24)11-2-1-8-22(9-6-11)18(25)12-5-7-21-10-12/h3-4,11-12,17,21,23-24H,1-2,5-10H2/t11-,12+,17-/m1/s1. The third-order valence-electron chi connectivity index (χ3n) is 5.35. The molecule has 2 heterocycles. The molecule has 138 valence electrons. The number of hydrogen-bond donors (Lipinski definition) is 3. The molecule has 2 saturated heterocycles. The zero-order chi connectivity index (χ0) is 18.0. The lowest BCUT2D eigenvalue weighted by molar-refractivity contribution is -0.134. The summed E-state index contributed by atoms with van der Waals surface area (Å²) in [5.41, 5.74) is 0.291. The number of likely N-dealkylation sites (tertiary alicyclic amines) is 1. The highest BCUT2D eigenvalue weighted by atomic mass is 35.5. The van der Waals surface area contributed by atoms with Crippen molar-refractivity contribution in [2.45, 2.75) is 31.8 Å². The summed E-state index contributed by atoms with van der Waals surface area (Å²) in [6.07, 6.45) is 2.28. The molecule has 25 heavy (non-hydrogen) atoms. The third kappa shape index (κ3) is 4.05. The minimum Gasteiger partial charge on any atom is -0.508 e. The summed E-state index contributed by atoms with van der Waals surface area (Å²) in [6, 6.07) is 2.96. The largest absolute Gasteiger partial charge is 0.508 e. The van der Waals surface area contributed by atoms with Crippen LogP contribution in [-0.4, -0.2) is 47.2 Å². The number of nitrogens with zero attached hydrogens (tertiary/aromatic N) is 1. The zero-order valence-electron chi connectivity index (χ0n) is 14.0. The van der Waals surface area contributed by atoms with E-state index in [9.17, 15) is 15.0 Å². The van der Waals surface area contributed by atoms with E-state index in [-0.39, 0.29) is 28.5 Å². The van der Waals surface area contributed by atoms with Crippen LogP contribution >= 0.6 is 23.2 Å². The van der Waals surface area contributed by atoms with Crippen molar-refractivity contribution in [1.82, 2.24) is 10.2 Å². The first-order valence-corrected chi connectivity index (χ1v) is 9.59. The number of nitrogens with one attached hydrogen (secondary N) is 1. The molecule has 0 bridgehead atoms. The predicted octanol–water partition coefficient (Wildman–Crippen LogP) is 2.97. The zero-order valence-corrected chi connectivity index (χ0v) is 15.6. The van der Waals surface area contributed by atoms with Gasteiger partial charge in [-0.2, -0.15) is 0 Å². The van der Waals surface area contributed by atoms with Crippen LogP contribution in [0.3, 0.4) is 0 Å². The highest BCUT2D eigenvalue weighted by Gasteiger charge is 2.32. The van der Waals surface area contributed by atoms with Gasteiger partial charge < -0.3 is 20.4 Å². The van der Waals surface area contributed by atoms with Crippen molar-refractivity contribution in [1.29, 1.82) is 0 Å². The first-order chi connectivity index (χ1) is 12.0. The van der Waals surface area contributed by atoms with E-state index in [4.69, 9.17) is 23.2 Å². The summed E-state index contributed by atoms with van der Waals surface area (Å²) < 4.78 is 0. The van der Waals surface area contributed by atoms with Crippen LogP contribution in [0.4, 0.5) is 0 Å². The SMILES string of the molecule is O=C([C@H]1CCNC1)N1CCC[C@@H]([C@@H](O)c2c(O)ccc(Cl)c2Cl)CC1. The highest BCUT2D eigenvalue weighted by molar-refractivity contribution is 6.42. The normalized spacial score (nSPS) is 25.6. The molecular formula is C18H24Cl2N2O3. The fourth-order valence-corrected chi connectivity index (χ4v) is 4.29. The lowest BCUT2D eigenvalue weighted by atomic mass is 9.89. The Morgan fingerprint density at radius 3 is 2.76 bits per heavy atom. The lowest BCUT2D eigenvalue weighted by Gasteiger charge is -2.25. The number of phenolic OH excluding ortho intramolecular Hbond substituents is 1. The Morgan fingerprint density at radius 1 is 1.24 bits per heavy atom. The number of amides is 1. The molecule has 0 aliphatic carbocycles. The Balaban J connectivity index is 1.68. The Bertz CT molecular complexity index is 635. The van der Waals surface area contributed by atoms with E-state index in [2.05, 4.69) is 5.32 Å². The van der Waals surface area contributed by atoms with E-state index < -0.39 is 6.10 Å². The van der Waals surface area contributed by atoms with Gasteiger partial charge in [-0.05, 0) is 50.3 Å². The van der Waals surface area contributed by atoms with Crippen LogP contribution in [0, 0.1) is 11.8 Å². The molecule has 0 unspecified atom stereocenters. The number of aromatic hydroxyl groups is 1. The van der Waals surface area contributed by atoms with Gasteiger partial charge in [-0.3, -0.25) is 4.79 Å². The summed E-state index contributed by atoms with van der Waals surface area (Å²) in [5, 5.41) is 24.6. The van der Waals surface area contributed by atoms with Crippen molar-refractivity contribution in [3.63, 3.8) is 0 Å². The van der Waals surface area contributed by atoms with Crippen LogP contribution in [0.1, 0.15) is 37.4 Å². The Morgan fingerprint density at radius 2 is 2.04 bits per heavy atom. The van der Waals surface area contributed by atoms with Gasteiger partial charge in [0.05, 0.1) is 22.1 Å². The number of phenols is 1. The van der Waals surface area contributed by atoms with Crippen molar-refractivity contribution in [2.75, 3.05) is 26.2 Å². The molecule has 0 saturated carbocycles. The maximum absolute atomic E-state index is 12.6. The molecule has 5 nitrogen and oxygen atoms in total. The monoisotopic (exact) mass is 386 g/mol. The summed E-state index contributed by atoms with van der Waals surface area (Å²) in [5.74, 6) is 0.175. The summed E-state index contributed by atoms with van der Waals surface area (Å²) >= 11 is 12.2. The van der Waals surface area contributed by atoms with E-state index in [0.717, 1.165) is 32.4 Å². The van der Waals surface area contributed by atoms with Crippen LogP contribution in [-0.2, 0) is 4.79 Å². The van der Waals surface area contributed by atoms with Gasteiger partial charge in [0.15, 0.2) is 0 Å². The number of benzene rings is 1. The van der Waals surface area contributed by atoms with Gasteiger partial charge in [0, 0.05) is 25.2 Å². The second-order valence-corrected chi connectivity index (χ2v) is 7.73. The average molecular weight is 387 g/mol. The number of carbonyl (C=O) groups is 1. The second-order valence-electron chi connectivity index (χ2n) is 6.94. The van der Waals surface area contributed by atoms with Crippen LogP contribution in [0.2, 0.25) is 10.0 Å². The molecule has 0 radical (unpaired) electrons. The van der Waals surface area contributed by atoms with E-state index >= 15 is 0 Å². The number of hydrogen-bond acceptors (Lipinski definition) is 4. The number of aliphatic hydroxyl groups is 1. The summed E-state index contributed by atoms with van der Waals surface area (Å²) in [6.45, 7) is 3.00. The Labute approximate surface area is 157 Å². The first kappa shape index (κ1) is 18.8. The van der Waals surface area contributed by atoms with Crippen LogP contribution < -0.4 is 5.32 Å². The minimum absolute atomic E-state index is 0.0453. The maximum Gasteiger partial charge on any atom is 0.227 e. The van der Waals surface area contributed by atoms with Crippen molar-refractivity contribution in [3.8, 4) is 5.75 Å². The van der Waals surface area contributed by atoms with Crippen LogP contribution in [0.15, 0.2) is 12.1 Å². The Kier molecular flexibility index (Phi) is 6.10. The van der Waals surface area contributed by atoms with Gasteiger partial charge in [0.25, 0.3) is 0 Å². The third-order valence-corrected chi connectivity index (χ3v) is 6.16. The van der Waals surface area contributed by atoms with Gasteiger partial charge in [-0.15, -0.1) is 0 Å². The number of aliphatic hydroxyl groups excluding tert-OH is 1. The molecule has 7 heteroatoms. The van der Waals surface area contributed by atoms with Gasteiger partial charge in [-0.25, -0.2) is 0 Å². The molecule has 2 aliphatic rings. The molecule has 0 spiro atoms. The molecule has 0 aromatic heterocycles. The smallest absolute Gasteiger partial charge is 0.227 e. The summed E-state index contributed by atoms with van der Waals surface area (Å²) in [4.78, 5) is 14.5. The van der Waals surface area contributed by atoms with Gasteiger partial charge in [0.1, 0.15) is 5.75 Å². The molecule has 2 fully saturated rings. The minimum atomic E-state index is -0.894. The van der Waals surface area contributed by atoms with E-state index in [1.807, 2.05) is 4.90 Å². The summed E-state index contributed by atoms with van der Waals surface area (Å²) in [7, 11) is 0. The topological polar surface area (TPSA) is 72.8 Å². The maximum atomic E-state index is 12.6. The molecule has 1 amide bonds. The second kappa shape index (κ2) is 8.12. The van der Waals surface area contributed by atoms with E-state index in [1.165, 1.54) is 12.1 Å². The molecular weight excluding hydrogens is 363 g/mol. The van der Waals surface area contributed by atoms with Crippen molar-refractivity contribution >= 4 is 29.1 Å². The van der Waals surface area contributed by atoms with Gasteiger partial charge >= 0.3 is 0 Å². The first-order valence-electron chi connectivity index (χ1n) is 8.83. The number of halogens is 2. The van der Waals surface area contributed by atoms with E-state index in [0.29, 0.717) is 30.1 Å². The predicted molar refractivity (Wildman–Crippen MR) is 98.0 cm³/mol. The van der Waals surface area contributed by atoms with Crippen molar-refractivity contribution < 1.29 is 15.0 Å². The molecule has 3 rings (SSSR count). The van der Waals surface area contributed by atoms with E-state index in [1.54, 1.807) is 0 Å². The number of rotatable bonds is 3. The highest BCUT2D eigenvalue weighted by Crippen LogP contribution is 2.41. The number of carbonyl (C=O) groups excluding carboxylic acids is 1. The Hall–Kier alpha value is -1.01. The molecule has 3 N–H and O–H groups in total. The quantitative estimate of drug-likeness (QED) is 0.746. The van der Waals surface area contributed by atoms with Gasteiger partial charge in [-0.1, -0.05) is 23.2 Å².